The van der Waals surface area contributed by atoms with Crippen molar-refractivity contribution in [2.75, 3.05) is 7.11 Å². The number of imide groups is 1. The lowest BCUT2D eigenvalue weighted by Crippen LogP contribution is -2.27. The quantitative estimate of drug-likeness (QED) is 0.354. The molecule has 1 saturated heterocycles. The minimum atomic E-state index is -0.473. The third-order valence-electron chi connectivity index (χ3n) is 3.94. The topological polar surface area (TPSA) is 72.9 Å². The fraction of sp³-hybridized carbons (Fsp3) is 0.150. The number of halogens is 2. The predicted octanol–water partition coefficient (Wildman–Crippen LogP) is 5.16. The summed E-state index contributed by atoms with van der Waals surface area (Å²) in [6, 6.07) is 9.78. The van der Waals surface area contributed by atoms with Crippen LogP contribution in [0.1, 0.15) is 18.1 Å². The zero-order valence-corrected chi connectivity index (χ0v) is 17.7. The number of esters is 1. The van der Waals surface area contributed by atoms with Gasteiger partial charge in [0.1, 0.15) is 0 Å². The van der Waals surface area contributed by atoms with Crippen LogP contribution >= 0.6 is 35.0 Å². The summed E-state index contributed by atoms with van der Waals surface area (Å²) in [5, 5.41) is 0.373. The molecule has 29 heavy (non-hydrogen) atoms. The Bertz CT molecular complexity index is 1040. The molecule has 150 valence electrons. The molecule has 1 heterocycles. The number of carbonyl (C=O) groups excluding carboxylic acids is 3. The molecule has 0 unspecified atom stereocenters. The fourth-order valence-electron chi connectivity index (χ4n) is 2.62. The first-order valence-corrected chi connectivity index (χ1v) is 9.91. The summed E-state index contributed by atoms with van der Waals surface area (Å²) in [4.78, 5) is 37.6. The van der Waals surface area contributed by atoms with E-state index < -0.39 is 11.9 Å². The molecule has 2 amide bonds. The lowest BCUT2D eigenvalue weighted by Gasteiger charge is -2.13. The molecule has 0 bridgehead atoms. The molecule has 0 spiro atoms. The molecule has 0 aromatic heterocycles. The van der Waals surface area contributed by atoms with Crippen LogP contribution in [0.3, 0.4) is 0 Å². The molecular weight excluding hydrogens is 437 g/mol. The third kappa shape index (κ3) is 4.93. The van der Waals surface area contributed by atoms with E-state index in [0.29, 0.717) is 26.9 Å². The van der Waals surface area contributed by atoms with Crippen molar-refractivity contribution in [2.24, 2.45) is 0 Å². The molecular formula is C20H15Cl2NO5S. The number of hydrogen-bond acceptors (Lipinski definition) is 6. The predicted molar refractivity (Wildman–Crippen MR) is 112 cm³/mol. The highest BCUT2D eigenvalue weighted by atomic mass is 35.5. The van der Waals surface area contributed by atoms with E-state index in [4.69, 9.17) is 32.7 Å². The van der Waals surface area contributed by atoms with Gasteiger partial charge in [0.25, 0.3) is 11.1 Å². The van der Waals surface area contributed by atoms with Crippen LogP contribution in [-0.4, -0.2) is 29.1 Å². The second-order valence-corrected chi connectivity index (χ2v) is 7.83. The number of carbonyl (C=O) groups is 3. The Morgan fingerprint density at radius 1 is 1.10 bits per heavy atom. The number of rotatable bonds is 5. The molecule has 6 nitrogen and oxygen atoms in total. The molecule has 9 heteroatoms. The van der Waals surface area contributed by atoms with Crippen molar-refractivity contribution in [3.63, 3.8) is 0 Å². The summed E-state index contributed by atoms with van der Waals surface area (Å²) in [5.41, 5.74) is 1.31. The monoisotopic (exact) mass is 451 g/mol. The first-order valence-electron chi connectivity index (χ1n) is 8.34. The van der Waals surface area contributed by atoms with E-state index in [1.54, 1.807) is 42.5 Å². The third-order valence-corrected chi connectivity index (χ3v) is 5.58. The average Bonchev–Trinajstić information content (AvgIpc) is 2.93. The van der Waals surface area contributed by atoms with E-state index in [1.165, 1.54) is 14.0 Å². The van der Waals surface area contributed by atoms with Crippen molar-refractivity contribution < 1.29 is 23.9 Å². The number of ether oxygens (including phenoxy) is 2. The average molecular weight is 452 g/mol. The number of hydrogen-bond donors (Lipinski definition) is 0. The van der Waals surface area contributed by atoms with Gasteiger partial charge >= 0.3 is 5.97 Å². The Kier molecular flexibility index (Phi) is 6.52. The van der Waals surface area contributed by atoms with Gasteiger partial charge in [0.2, 0.25) is 0 Å². The molecule has 0 saturated carbocycles. The number of benzene rings is 2. The van der Waals surface area contributed by atoms with E-state index >= 15 is 0 Å². The molecule has 0 aliphatic carbocycles. The van der Waals surface area contributed by atoms with Crippen molar-refractivity contribution in [3.05, 3.63) is 62.5 Å². The summed E-state index contributed by atoms with van der Waals surface area (Å²) in [6.45, 7) is 1.38. The van der Waals surface area contributed by atoms with Gasteiger partial charge in [-0.15, -0.1) is 0 Å². The van der Waals surface area contributed by atoms with Crippen LogP contribution in [0.2, 0.25) is 10.0 Å². The minimum Gasteiger partial charge on any atom is -0.493 e. The van der Waals surface area contributed by atoms with Crippen LogP contribution in [-0.2, 0) is 16.1 Å². The maximum atomic E-state index is 12.7. The zero-order chi connectivity index (χ0) is 21.1. The van der Waals surface area contributed by atoms with Gasteiger partial charge in [-0.2, -0.15) is 0 Å². The number of methoxy groups -OCH3 is 1. The van der Waals surface area contributed by atoms with Crippen LogP contribution < -0.4 is 9.47 Å². The fourth-order valence-corrected chi connectivity index (χ4v) is 3.78. The highest BCUT2D eigenvalue weighted by Crippen LogP contribution is 2.35. The lowest BCUT2D eigenvalue weighted by atomic mass is 10.1. The number of nitrogens with zero attached hydrogens (tertiary/aromatic N) is 1. The van der Waals surface area contributed by atoms with Crippen molar-refractivity contribution in [1.29, 1.82) is 0 Å². The van der Waals surface area contributed by atoms with E-state index in [0.717, 1.165) is 16.7 Å². The van der Waals surface area contributed by atoms with Crippen LogP contribution in [0.5, 0.6) is 11.5 Å². The molecule has 1 aliphatic rings. The number of thioether (sulfide) groups is 1. The summed E-state index contributed by atoms with van der Waals surface area (Å²) in [6.07, 6.45) is 1.58. The molecule has 3 rings (SSSR count). The Hall–Kier alpha value is -2.48. The molecule has 2 aromatic carbocycles. The minimum absolute atomic E-state index is 0.0909. The Balaban J connectivity index is 1.82. The van der Waals surface area contributed by atoms with E-state index in [1.807, 2.05) is 0 Å². The van der Waals surface area contributed by atoms with Crippen molar-refractivity contribution in [2.45, 2.75) is 13.5 Å². The molecule has 1 fully saturated rings. The first-order chi connectivity index (χ1) is 13.8. The van der Waals surface area contributed by atoms with E-state index in [-0.39, 0.29) is 22.4 Å². The van der Waals surface area contributed by atoms with Crippen LogP contribution in [0.15, 0.2) is 41.3 Å². The molecule has 0 N–H and O–H groups in total. The standard InChI is InChI=1S/C20H15Cl2NO5S/c1-11(24)28-16-6-4-12(8-17(16)27-2)9-18-19(25)23(20(26)29-18)10-13-3-5-14(21)15(22)7-13/h3-9H,10H2,1-2H3/b18-9-. The number of amides is 2. The zero-order valence-electron chi connectivity index (χ0n) is 15.4. The first kappa shape index (κ1) is 21.2. The van der Waals surface area contributed by atoms with Gasteiger partial charge < -0.3 is 9.47 Å². The smallest absolute Gasteiger partial charge is 0.308 e. The molecule has 0 atom stereocenters. The van der Waals surface area contributed by atoms with Crippen LogP contribution in [0, 0.1) is 0 Å². The van der Waals surface area contributed by atoms with Gasteiger partial charge in [-0.3, -0.25) is 19.3 Å². The summed E-state index contributed by atoms with van der Waals surface area (Å²) in [7, 11) is 1.44. The second kappa shape index (κ2) is 8.90. The molecule has 0 radical (unpaired) electrons. The largest absolute Gasteiger partial charge is 0.493 e. The summed E-state index contributed by atoms with van der Waals surface area (Å²) in [5.74, 6) is -0.276. The van der Waals surface area contributed by atoms with Gasteiger partial charge in [-0.05, 0) is 53.2 Å². The second-order valence-electron chi connectivity index (χ2n) is 6.02. The van der Waals surface area contributed by atoms with E-state index in [2.05, 4.69) is 0 Å². The van der Waals surface area contributed by atoms with Crippen LogP contribution in [0.25, 0.3) is 6.08 Å². The van der Waals surface area contributed by atoms with Gasteiger partial charge in [0.05, 0.1) is 28.6 Å². The molecule has 2 aromatic rings. The normalized spacial score (nSPS) is 15.2. The van der Waals surface area contributed by atoms with Crippen molar-refractivity contribution >= 4 is 58.2 Å². The van der Waals surface area contributed by atoms with E-state index in [9.17, 15) is 14.4 Å². The van der Waals surface area contributed by atoms with Crippen molar-refractivity contribution in [1.82, 2.24) is 4.90 Å². The highest BCUT2D eigenvalue weighted by molar-refractivity contribution is 8.18. The SMILES string of the molecule is COc1cc(/C=C2\SC(=O)N(Cc3ccc(Cl)c(Cl)c3)C2=O)ccc1OC(C)=O. The van der Waals surface area contributed by atoms with Gasteiger partial charge in [0, 0.05) is 6.92 Å². The summed E-state index contributed by atoms with van der Waals surface area (Å²) < 4.78 is 10.3. The maximum Gasteiger partial charge on any atom is 0.308 e. The Labute approximate surface area is 181 Å². The van der Waals surface area contributed by atoms with Gasteiger partial charge in [-0.25, -0.2) is 0 Å². The van der Waals surface area contributed by atoms with Crippen molar-refractivity contribution in [3.8, 4) is 11.5 Å². The van der Waals surface area contributed by atoms with Gasteiger partial charge in [0.15, 0.2) is 11.5 Å². The maximum absolute atomic E-state index is 12.7. The van der Waals surface area contributed by atoms with Crippen LogP contribution in [0.4, 0.5) is 4.79 Å². The lowest BCUT2D eigenvalue weighted by molar-refractivity contribution is -0.132. The molecule has 1 aliphatic heterocycles. The summed E-state index contributed by atoms with van der Waals surface area (Å²) >= 11 is 12.7. The van der Waals surface area contributed by atoms with Gasteiger partial charge in [-0.1, -0.05) is 35.3 Å². The Morgan fingerprint density at radius 2 is 1.86 bits per heavy atom. The Morgan fingerprint density at radius 3 is 2.52 bits per heavy atom. The highest BCUT2D eigenvalue weighted by Gasteiger charge is 2.35.